The van der Waals surface area contributed by atoms with E-state index in [1.54, 1.807) is 18.4 Å². The van der Waals surface area contributed by atoms with E-state index in [1.165, 1.54) is 6.42 Å². The first-order valence-corrected chi connectivity index (χ1v) is 8.42. The largest absolute Gasteiger partial charge is 0.375 e. The second-order valence-electron chi connectivity index (χ2n) is 5.67. The maximum atomic E-state index is 5.31. The van der Waals surface area contributed by atoms with E-state index in [4.69, 9.17) is 4.74 Å². The lowest BCUT2D eigenvalue weighted by molar-refractivity contribution is 0.119. The van der Waals surface area contributed by atoms with Crippen molar-refractivity contribution in [1.29, 1.82) is 0 Å². The normalized spacial score (nSPS) is 23.0. The lowest BCUT2D eigenvalue weighted by atomic mass is 10.4. The van der Waals surface area contributed by atoms with Gasteiger partial charge in [-0.3, -0.25) is 4.99 Å². The van der Waals surface area contributed by atoms with Crippen molar-refractivity contribution in [3.63, 3.8) is 0 Å². The molecule has 0 saturated heterocycles. The summed E-state index contributed by atoms with van der Waals surface area (Å²) in [6, 6.07) is 0.581. The van der Waals surface area contributed by atoms with Gasteiger partial charge in [-0.1, -0.05) is 6.92 Å². The van der Waals surface area contributed by atoms with E-state index in [-0.39, 0.29) is 6.10 Å². The molecule has 0 aromatic carbocycles. The minimum Gasteiger partial charge on any atom is -0.375 e. The van der Waals surface area contributed by atoms with Gasteiger partial charge in [0.25, 0.3) is 0 Å². The minimum absolute atomic E-state index is 0.0586. The Bertz CT molecular complexity index is 488. The summed E-state index contributed by atoms with van der Waals surface area (Å²) < 4.78 is 5.31. The van der Waals surface area contributed by atoms with Crippen LogP contribution in [0.15, 0.2) is 10.4 Å². The van der Waals surface area contributed by atoms with E-state index >= 15 is 0 Å². The van der Waals surface area contributed by atoms with Crippen LogP contribution < -0.4 is 5.32 Å². The highest BCUT2D eigenvalue weighted by Gasteiger charge is 2.33. The standard InChI is InChI=1S/C15H26N4OS/c1-6-16-15(18-13-7-10(13)2)19(4)8-12-9-21-14(17-12)11(3)20-5/h9-11,13H,6-8H2,1-5H3,(H,16,18). The van der Waals surface area contributed by atoms with Gasteiger partial charge in [0.15, 0.2) is 5.96 Å². The number of hydrogen-bond donors (Lipinski definition) is 1. The van der Waals surface area contributed by atoms with Crippen LogP contribution in [0.4, 0.5) is 0 Å². The Balaban J connectivity index is 1.96. The molecular formula is C15H26N4OS. The zero-order chi connectivity index (χ0) is 15.4. The number of rotatable bonds is 6. The van der Waals surface area contributed by atoms with E-state index in [9.17, 15) is 0 Å². The van der Waals surface area contributed by atoms with Crippen LogP contribution in [-0.2, 0) is 11.3 Å². The van der Waals surface area contributed by atoms with Crippen molar-refractivity contribution in [2.45, 2.75) is 45.9 Å². The summed E-state index contributed by atoms with van der Waals surface area (Å²) in [5.74, 6) is 1.73. The summed E-state index contributed by atoms with van der Waals surface area (Å²) in [7, 11) is 3.78. The van der Waals surface area contributed by atoms with Crippen molar-refractivity contribution in [2.75, 3.05) is 20.7 Å². The predicted molar refractivity (Wildman–Crippen MR) is 87.7 cm³/mol. The third-order valence-electron chi connectivity index (χ3n) is 3.76. The lowest BCUT2D eigenvalue weighted by Crippen LogP contribution is -2.40. The SMILES string of the molecule is CCN=C(NC1CC1C)N(C)Cc1csc(C(C)OC)n1. The Morgan fingerprint density at radius 3 is 2.95 bits per heavy atom. The van der Waals surface area contributed by atoms with Crippen LogP contribution in [0.5, 0.6) is 0 Å². The zero-order valence-corrected chi connectivity index (χ0v) is 14.4. The summed E-state index contributed by atoms with van der Waals surface area (Å²) in [6.07, 6.45) is 1.30. The van der Waals surface area contributed by atoms with Crippen molar-refractivity contribution in [3.05, 3.63) is 16.1 Å². The molecule has 0 amide bonds. The number of thiazole rings is 1. The number of nitrogens with one attached hydrogen (secondary N) is 1. The second-order valence-corrected chi connectivity index (χ2v) is 6.56. The Kier molecular flexibility index (Phi) is 5.58. The molecule has 1 aromatic rings. The predicted octanol–water partition coefficient (Wildman–Crippen LogP) is 2.66. The third-order valence-corrected chi connectivity index (χ3v) is 4.82. The molecular weight excluding hydrogens is 284 g/mol. The van der Waals surface area contributed by atoms with E-state index in [0.717, 1.165) is 35.7 Å². The van der Waals surface area contributed by atoms with Crippen LogP contribution in [0.3, 0.4) is 0 Å². The molecule has 5 nitrogen and oxygen atoms in total. The highest BCUT2D eigenvalue weighted by atomic mass is 32.1. The third kappa shape index (κ3) is 4.41. The van der Waals surface area contributed by atoms with Gasteiger partial charge in [0.05, 0.1) is 12.2 Å². The van der Waals surface area contributed by atoms with Gasteiger partial charge in [0.2, 0.25) is 0 Å². The molecule has 1 aliphatic carbocycles. The molecule has 6 heteroatoms. The van der Waals surface area contributed by atoms with Gasteiger partial charge in [-0.05, 0) is 26.2 Å². The molecule has 3 unspecified atom stereocenters. The Hall–Kier alpha value is -1.14. The maximum absolute atomic E-state index is 5.31. The molecule has 1 N–H and O–H groups in total. The fourth-order valence-corrected chi connectivity index (χ4v) is 2.96. The second kappa shape index (κ2) is 7.22. The van der Waals surface area contributed by atoms with Gasteiger partial charge in [-0.25, -0.2) is 4.98 Å². The lowest BCUT2D eigenvalue weighted by Gasteiger charge is -2.21. The van der Waals surface area contributed by atoms with E-state index < -0.39 is 0 Å². The fraction of sp³-hybridized carbons (Fsp3) is 0.733. The van der Waals surface area contributed by atoms with Crippen LogP contribution in [0, 0.1) is 5.92 Å². The molecule has 1 heterocycles. The van der Waals surface area contributed by atoms with Crippen LogP contribution in [0.1, 0.15) is 44.0 Å². The molecule has 0 radical (unpaired) electrons. The van der Waals surface area contributed by atoms with Crippen LogP contribution in [0.2, 0.25) is 0 Å². The average molecular weight is 310 g/mol. The summed E-state index contributed by atoms with van der Waals surface area (Å²) in [6.45, 7) is 7.90. The van der Waals surface area contributed by atoms with Crippen LogP contribution in [-0.4, -0.2) is 42.6 Å². The van der Waals surface area contributed by atoms with E-state index in [2.05, 4.69) is 46.5 Å². The van der Waals surface area contributed by atoms with Crippen molar-refractivity contribution < 1.29 is 4.74 Å². The van der Waals surface area contributed by atoms with Gasteiger partial charge in [-0.15, -0.1) is 11.3 Å². The molecule has 1 aromatic heterocycles. The van der Waals surface area contributed by atoms with Gasteiger partial charge in [0, 0.05) is 32.1 Å². The van der Waals surface area contributed by atoms with E-state index in [1.807, 2.05) is 6.92 Å². The van der Waals surface area contributed by atoms with Crippen LogP contribution >= 0.6 is 11.3 Å². The average Bonchev–Trinajstić information content (AvgIpc) is 2.97. The van der Waals surface area contributed by atoms with Crippen molar-refractivity contribution in [1.82, 2.24) is 15.2 Å². The summed E-state index contributed by atoms with van der Waals surface area (Å²) >= 11 is 1.65. The zero-order valence-electron chi connectivity index (χ0n) is 13.6. The molecule has 0 bridgehead atoms. The number of guanidine groups is 1. The Labute approximate surface area is 131 Å². The number of aliphatic imine (C=N–C) groups is 1. The van der Waals surface area contributed by atoms with Crippen molar-refractivity contribution >= 4 is 17.3 Å². The topological polar surface area (TPSA) is 49.8 Å². The fourth-order valence-electron chi connectivity index (χ4n) is 2.12. The first kappa shape index (κ1) is 16.2. The molecule has 2 rings (SSSR count). The van der Waals surface area contributed by atoms with Crippen LogP contribution in [0.25, 0.3) is 0 Å². The summed E-state index contributed by atoms with van der Waals surface area (Å²) in [4.78, 5) is 11.4. The Morgan fingerprint density at radius 2 is 2.38 bits per heavy atom. The minimum atomic E-state index is 0.0586. The molecule has 3 atom stereocenters. The summed E-state index contributed by atoms with van der Waals surface area (Å²) in [5, 5.41) is 6.66. The van der Waals surface area contributed by atoms with Gasteiger partial charge in [0.1, 0.15) is 11.1 Å². The maximum Gasteiger partial charge on any atom is 0.194 e. The summed E-state index contributed by atoms with van der Waals surface area (Å²) in [5.41, 5.74) is 1.07. The first-order chi connectivity index (χ1) is 10.0. The molecule has 1 fully saturated rings. The molecule has 1 saturated carbocycles. The van der Waals surface area contributed by atoms with E-state index in [0.29, 0.717) is 6.04 Å². The quantitative estimate of drug-likeness (QED) is 0.648. The number of ether oxygens (including phenoxy) is 1. The highest BCUT2D eigenvalue weighted by molar-refractivity contribution is 7.09. The van der Waals surface area contributed by atoms with Crippen molar-refractivity contribution in [2.24, 2.45) is 10.9 Å². The number of methoxy groups -OCH3 is 1. The van der Waals surface area contributed by atoms with Crippen molar-refractivity contribution in [3.8, 4) is 0 Å². The number of hydrogen-bond acceptors (Lipinski definition) is 4. The molecule has 1 aliphatic rings. The molecule has 21 heavy (non-hydrogen) atoms. The molecule has 0 spiro atoms. The first-order valence-electron chi connectivity index (χ1n) is 7.54. The van der Waals surface area contributed by atoms with Gasteiger partial charge < -0.3 is 15.0 Å². The number of nitrogens with zero attached hydrogens (tertiary/aromatic N) is 3. The Morgan fingerprint density at radius 1 is 1.67 bits per heavy atom. The molecule has 0 aliphatic heterocycles. The smallest absolute Gasteiger partial charge is 0.194 e. The highest BCUT2D eigenvalue weighted by Crippen LogP contribution is 2.29. The number of aromatic nitrogens is 1. The molecule has 118 valence electrons. The monoisotopic (exact) mass is 310 g/mol. The van der Waals surface area contributed by atoms with Gasteiger partial charge in [-0.2, -0.15) is 0 Å². The van der Waals surface area contributed by atoms with Gasteiger partial charge >= 0.3 is 0 Å².